The van der Waals surface area contributed by atoms with Gasteiger partial charge in [0.2, 0.25) is 0 Å². The van der Waals surface area contributed by atoms with E-state index in [-0.39, 0.29) is 0 Å². The van der Waals surface area contributed by atoms with Gasteiger partial charge in [-0.2, -0.15) is 0 Å². The molecular formula is C12H19N. The standard InChI is InChI=1S/C12H19N/c1-4-8-11-9-6-7-10-13(3)12(11)5-2/h4-5,8H,2,6-7,9-10H2,1,3H3/b8-4-. The zero-order valence-electron chi connectivity index (χ0n) is 8.71. The Bertz CT molecular complexity index is 236. The molecule has 1 aliphatic rings. The van der Waals surface area contributed by atoms with Crippen LogP contribution in [0.5, 0.6) is 0 Å². The maximum atomic E-state index is 3.88. The minimum atomic E-state index is 1.16. The van der Waals surface area contributed by atoms with Gasteiger partial charge in [-0.15, -0.1) is 0 Å². The minimum absolute atomic E-state index is 1.16. The van der Waals surface area contributed by atoms with Crippen molar-refractivity contribution in [1.29, 1.82) is 0 Å². The van der Waals surface area contributed by atoms with Crippen molar-refractivity contribution in [1.82, 2.24) is 4.90 Å². The smallest absolute Gasteiger partial charge is 0.0390 e. The number of allylic oxidation sites excluding steroid dienone is 4. The summed E-state index contributed by atoms with van der Waals surface area (Å²) in [4.78, 5) is 2.30. The highest BCUT2D eigenvalue weighted by atomic mass is 15.1. The Morgan fingerprint density at radius 2 is 2.15 bits per heavy atom. The fourth-order valence-electron chi connectivity index (χ4n) is 1.81. The summed E-state index contributed by atoms with van der Waals surface area (Å²) < 4.78 is 0. The molecule has 0 aliphatic carbocycles. The third-order valence-corrected chi connectivity index (χ3v) is 2.49. The molecule has 1 aliphatic heterocycles. The van der Waals surface area contributed by atoms with E-state index in [1.807, 2.05) is 6.08 Å². The van der Waals surface area contributed by atoms with Gasteiger partial charge in [-0.1, -0.05) is 18.7 Å². The van der Waals surface area contributed by atoms with E-state index in [1.165, 1.54) is 30.5 Å². The first kappa shape index (κ1) is 10.1. The fourth-order valence-corrected chi connectivity index (χ4v) is 1.81. The van der Waals surface area contributed by atoms with Crippen molar-refractivity contribution in [3.05, 3.63) is 36.1 Å². The highest BCUT2D eigenvalue weighted by molar-refractivity contribution is 5.31. The first-order chi connectivity index (χ1) is 6.29. The Kier molecular flexibility index (Phi) is 3.81. The van der Waals surface area contributed by atoms with E-state index in [2.05, 4.69) is 37.6 Å². The fraction of sp³-hybridized carbons (Fsp3) is 0.500. The predicted molar refractivity (Wildman–Crippen MR) is 58.5 cm³/mol. The second kappa shape index (κ2) is 4.90. The molecule has 0 bridgehead atoms. The van der Waals surface area contributed by atoms with Gasteiger partial charge < -0.3 is 4.90 Å². The molecule has 0 fully saturated rings. The van der Waals surface area contributed by atoms with Gasteiger partial charge in [0.1, 0.15) is 0 Å². The Morgan fingerprint density at radius 3 is 2.77 bits per heavy atom. The summed E-state index contributed by atoms with van der Waals surface area (Å²) in [5.74, 6) is 0. The molecule has 0 saturated carbocycles. The van der Waals surface area contributed by atoms with Gasteiger partial charge in [0.25, 0.3) is 0 Å². The molecule has 0 aromatic carbocycles. The molecule has 0 radical (unpaired) electrons. The minimum Gasteiger partial charge on any atom is -0.374 e. The topological polar surface area (TPSA) is 3.24 Å². The molecule has 0 spiro atoms. The molecule has 1 rings (SSSR count). The predicted octanol–water partition coefficient (Wildman–Crippen LogP) is 3.12. The largest absolute Gasteiger partial charge is 0.374 e. The molecule has 0 atom stereocenters. The quantitative estimate of drug-likeness (QED) is 0.626. The van der Waals surface area contributed by atoms with Crippen LogP contribution in [-0.2, 0) is 0 Å². The monoisotopic (exact) mass is 177 g/mol. The highest BCUT2D eigenvalue weighted by Gasteiger charge is 2.10. The van der Waals surface area contributed by atoms with E-state index in [0.29, 0.717) is 0 Å². The van der Waals surface area contributed by atoms with E-state index in [0.717, 1.165) is 6.54 Å². The molecule has 1 heterocycles. The Hall–Kier alpha value is -0.980. The third kappa shape index (κ3) is 2.48. The van der Waals surface area contributed by atoms with Crippen LogP contribution in [0.3, 0.4) is 0 Å². The van der Waals surface area contributed by atoms with Gasteiger partial charge >= 0.3 is 0 Å². The Labute approximate surface area is 81.4 Å². The second-order valence-electron chi connectivity index (χ2n) is 3.49. The van der Waals surface area contributed by atoms with Crippen molar-refractivity contribution in [3.8, 4) is 0 Å². The SMILES string of the molecule is C=CC1=C(/C=C\C)CCCCN1C. The normalized spacial score (nSPS) is 19.4. The van der Waals surface area contributed by atoms with Crippen LogP contribution in [0.2, 0.25) is 0 Å². The van der Waals surface area contributed by atoms with Crippen LogP contribution in [0.25, 0.3) is 0 Å². The Morgan fingerprint density at radius 1 is 1.38 bits per heavy atom. The van der Waals surface area contributed by atoms with Crippen molar-refractivity contribution in [3.63, 3.8) is 0 Å². The molecule has 13 heavy (non-hydrogen) atoms. The van der Waals surface area contributed by atoms with Gasteiger partial charge in [-0.3, -0.25) is 0 Å². The lowest BCUT2D eigenvalue weighted by Gasteiger charge is -2.19. The zero-order chi connectivity index (χ0) is 9.68. The summed E-state index contributed by atoms with van der Waals surface area (Å²) in [5, 5.41) is 0. The summed E-state index contributed by atoms with van der Waals surface area (Å²) in [6.07, 6.45) is 10.1. The summed E-state index contributed by atoms with van der Waals surface area (Å²) in [6.45, 7) is 7.10. The lowest BCUT2D eigenvalue weighted by molar-refractivity contribution is 0.426. The highest BCUT2D eigenvalue weighted by Crippen LogP contribution is 2.21. The van der Waals surface area contributed by atoms with Crippen molar-refractivity contribution in [2.24, 2.45) is 0 Å². The van der Waals surface area contributed by atoms with Crippen LogP contribution in [0.4, 0.5) is 0 Å². The lowest BCUT2D eigenvalue weighted by Crippen LogP contribution is -2.17. The average molecular weight is 177 g/mol. The lowest BCUT2D eigenvalue weighted by atomic mass is 10.1. The third-order valence-electron chi connectivity index (χ3n) is 2.49. The first-order valence-electron chi connectivity index (χ1n) is 4.99. The number of rotatable bonds is 2. The summed E-state index contributed by atoms with van der Waals surface area (Å²) in [5.41, 5.74) is 2.73. The first-order valence-corrected chi connectivity index (χ1v) is 4.99. The summed E-state index contributed by atoms with van der Waals surface area (Å²) >= 11 is 0. The Balaban J connectivity index is 2.95. The van der Waals surface area contributed by atoms with E-state index in [1.54, 1.807) is 0 Å². The van der Waals surface area contributed by atoms with E-state index in [4.69, 9.17) is 0 Å². The molecule has 0 saturated heterocycles. The molecule has 0 aromatic heterocycles. The van der Waals surface area contributed by atoms with E-state index in [9.17, 15) is 0 Å². The molecule has 0 aromatic rings. The molecule has 1 nitrogen and oxygen atoms in total. The maximum absolute atomic E-state index is 3.88. The molecule has 1 heteroatoms. The van der Waals surface area contributed by atoms with Crippen LogP contribution >= 0.6 is 0 Å². The van der Waals surface area contributed by atoms with Gasteiger partial charge in [-0.25, -0.2) is 0 Å². The van der Waals surface area contributed by atoms with Gasteiger partial charge in [-0.05, 0) is 37.8 Å². The number of hydrogen-bond acceptors (Lipinski definition) is 1. The van der Waals surface area contributed by atoms with Crippen molar-refractivity contribution in [2.75, 3.05) is 13.6 Å². The molecule has 72 valence electrons. The number of nitrogens with zero attached hydrogens (tertiary/aromatic N) is 1. The van der Waals surface area contributed by atoms with Gasteiger partial charge in [0, 0.05) is 19.3 Å². The second-order valence-corrected chi connectivity index (χ2v) is 3.49. The van der Waals surface area contributed by atoms with Crippen LogP contribution in [0.15, 0.2) is 36.1 Å². The molecule has 0 unspecified atom stereocenters. The van der Waals surface area contributed by atoms with Gasteiger partial charge in [0.05, 0.1) is 0 Å². The maximum Gasteiger partial charge on any atom is 0.0390 e. The van der Waals surface area contributed by atoms with Crippen molar-refractivity contribution >= 4 is 0 Å². The van der Waals surface area contributed by atoms with Crippen molar-refractivity contribution in [2.45, 2.75) is 26.2 Å². The van der Waals surface area contributed by atoms with E-state index < -0.39 is 0 Å². The number of likely N-dealkylation sites (N-methyl/N-ethyl adjacent to an activating group) is 1. The number of hydrogen-bond donors (Lipinski definition) is 0. The van der Waals surface area contributed by atoms with E-state index >= 15 is 0 Å². The molecule has 0 N–H and O–H groups in total. The van der Waals surface area contributed by atoms with Crippen LogP contribution in [0, 0.1) is 0 Å². The molecular weight excluding hydrogens is 158 g/mol. The average Bonchev–Trinajstić information content (AvgIpc) is 2.28. The zero-order valence-corrected chi connectivity index (χ0v) is 8.71. The van der Waals surface area contributed by atoms with Crippen LogP contribution in [0.1, 0.15) is 26.2 Å². The van der Waals surface area contributed by atoms with Crippen molar-refractivity contribution < 1.29 is 0 Å². The van der Waals surface area contributed by atoms with Crippen LogP contribution < -0.4 is 0 Å². The molecule has 0 amide bonds. The van der Waals surface area contributed by atoms with Gasteiger partial charge in [0.15, 0.2) is 0 Å². The summed E-state index contributed by atoms with van der Waals surface area (Å²) in [7, 11) is 2.14. The van der Waals surface area contributed by atoms with Crippen LogP contribution in [-0.4, -0.2) is 18.5 Å². The summed E-state index contributed by atoms with van der Waals surface area (Å²) in [6, 6.07) is 0.